The van der Waals surface area contributed by atoms with Gasteiger partial charge < -0.3 is 14.5 Å². The molecule has 3 amide bonds. The third-order valence-electron chi connectivity index (χ3n) is 6.78. The molecule has 0 saturated carbocycles. The van der Waals surface area contributed by atoms with Gasteiger partial charge >= 0.3 is 6.03 Å². The molecule has 2 aromatic rings. The van der Waals surface area contributed by atoms with Gasteiger partial charge in [0.2, 0.25) is 11.8 Å². The van der Waals surface area contributed by atoms with Gasteiger partial charge in [-0.05, 0) is 30.0 Å². The fourth-order valence-electron chi connectivity index (χ4n) is 4.64. The summed E-state index contributed by atoms with van der Waals surface area (Å²) in [6.45, 7) is 0.999. The minimum absolute atomic E-state index is 0.00258. The van der Waals surface area contributed by atoms with Crippen LogP contribution < -0.4 is 5.32 Å². The van der Waals surface area contributed by atoms with E-state index in [0.29, 0.717) is 31.2 Å². The van der Waals surface area contributed by atoms with Crippen LogP contribution in [0.2, 0.25) is 0 Å². The summed E-state index contributed by atoms with van der Waals surface area (Å²) in [6.07, 6.45) is 6.14. The molecule has 5 rings (SSSR count). The van der Waals surface area contributed by atoms with E-state index < -0.39 is 16.1 Å². The van der Waals surface area contributed by atoms with Gasteiger partial charge in [0.25, 0.3) is 10.0 Å². The number of fused-ring (bicyclic) bond motifs is 2. The number of thiophene rings is 1. The summed E-state index contributed by atoms with van der Waals surface area (Å²) < 4.78 is 35.1. The number of nitrogens with zero attached hydrogens (tertiary/aromatic N) is 5. The van der Waals surface area contributed by atoms with Crippen LogP contribution in [0.25, 0.3) is 10.1 Å². The first kappa shape index (κ1) is 25.5. The number of rotatable bonds is 4. The largest absolute Gasteiger partial charge is 0.463 e. The molecule has 0 spiro atoms. The molecule has 0 radical (unpaired) electrons. The molecular formula is C24H28N6O5S2. The Bertz CT molecular complexity index is 1410. The number of hydrazone groups is 1. The van der Waals surface area contributed by atoms with E-state index in [2.05, 4.69) is 16.3 Å². The van der Waals surface area contributed by atoms with Crippen molar-refractivity contribution in [2.45, 2.75) is 29.1 Å². The second kappa shape index (κ2) is 9.94. The van der Waals surface area contributed by atoms with Gasteiger partial charge in [0.1, 0.15) is 10.9 Å². The van der Waals surface area contributed by atoms with Crippen LogP contribution in [0.4, 0.5) is 4.79 Å². The fraction of sp³-hybridized carbons (Fsp3) is 0.458. The lowest BCUT2D eigenvalue weighted by Crippen LogP contribution is -2.60. The molecule has 2 atom stereocenters. The van der Waals surface area contributed by atoms with E-state index in [1.54, 1.807) is 37.2 Å². The van der Waals surface area contributed by atoms with E-state index >= 15 is 0 Å². The van der Waals surface area contributed by atoms with Gasteiger partial charge in [-0.1, -0.05) is 12.0 Å². The average Bonchev–Trinajstić information content (AvgIpc) is 3.54. The Kier molecular flexibility index (Phi) is 6.84. The molecule has 196 valence electrons. The Balaban J connectivity index is 1.39. The number of hydrogen-bond donors (Lipinski definition) is 1. The molecule has 3 aliphatic heterocycles. The highest BCUT2D eigenvalue weighted by atomic mass is 32.2. The van der Waals surface area contributed by atoms with Crippen molar-refractivity contribution in [1.82, 2.24) is 24.4 Å². The first-order chi connectivity index (χ1) is 17.7. The van der Waals surface area contributed by atoms with Crippen molar-refractivity contribution in [3.63, 3.8) is 0 Å². The Hall–Kier alpha value is -3.18. The van der Waals surface area contributed by atoms with Crippen LogP contribution in [0, 0.1) is 12.3 Å². The van der Waals surface area contributed by atoms with Crippen molar-refractivity contribution in [2.24, 2.45) is 5.10 Å². The average molecular weight is 545 g/mol. The minimum atomic E-state index is -3.85. The van der Waals surface area contributed by atoms with Gasteiger partial charge in [0.15, 0.2) is 0 Å². The number of hydrogen-bond acceptors (Lipinski definition) is 8. The van der Waals surface area contributed by atoms with Crippen LogP contribution in [0.15, 0.2) is 33.6 Å². The lowest BCUT2D eigenvalue weighted by Gasteiger charge is -2.42. The van der Waals surface area contributed by atoms with Crippen LogP contribution in [-0.2, 0) is 19.6 Å². The number of amides is 3. The normalized spacial score (nSPS) is 22.2. The van der Waals surface area contributed by atoms with E-state index in [-0.39, 0.29) is 48.2 Å². The highest BCUT2D eigenvalue weighted by Crippen LogP contribution is 2.33. The topological polar surface area (TPSA) is 115 Å². The number of terminal acetylenes is 1. The van der Waals surface area contributed by atoms with Gasteiger partial charge in [-0.25, -0.2) is 18.2 Å². The molecule has 2 fully saturated rings. The Labute approximate surface area is 219 Å². The smallest absolute Gasteiger partial charge is 0.340 e. The quantitative estimate of drug-likeness (QED) is 0.577. The van der Waals surface area contributed by atoms with Crippen molar-refractivity contribution in [1.29, 1.82) is 0 Å². The fourth-order valence-corrected chi connectivity index (χ4v) is 7.70. The highest BCUT2D eigenvalue weighted by molar-refractivity contribution is 7.91. The number of sulfonamides is 1. The van der Waals surface area contributed by atoms with Crippen molar-refractivity contribution < 1.29 is 22.7 Å². The Morgan fingerprint density at radius 1 is 1.27 bits per heavy atom. The van der Waals surface area contributed by atoms with Crippen molar-refractivity contribution in [3.8, 4) is 12.3 Å². The van der Waals surface area contributed by atoms with Crippen LogP contribution in [-0.4, -0.2) is 104 Å². The zero-order valence-corrected chi connectivity index (χ0v) is 22.2. The number of carbonyl (C=O) groups is 2. The van der Waals surface area contributed by atoms with E-state index in [0.717, 1.165) is 21.4 Å². The molecule has 0 bridgehead atoms. The predicted octanol–water partition coefficient (Wildman–Crippen LogP) is 1.12. The third kappa shape index (κ3) is 4.89. The van der Waals surface area contributed by atoms with Crippen LogP contribution in [0.3, 0.4) is 0 Å². The maximum absolute atomic E-state index is 13.6. The first-order valence-electron chi connectivity index (χ1n) is 11.9. The number of urea groups is 1. The number of piperazine rings is 1. The maximum atomic E-state index is 13.6. The summed E-state index contributed by atoms with van der Waals surface area (Å²) in [6, 6.07) is 6.01. The lowest BCUT2D eigenvalue weighted by molar-refractivity contribution is -0.130. The van der Waals surface area contributed by atoms with Gasteiger partial charge in [-0.3, -0.25) is 10.1 Å². The van der Waals surface area contributed by atoms with Crippen molar-refractivity contribution >= 4 is 49.3 Å². The third-order valence-corrected chi connectivity index (χ3v) is 10.2. The summed E-state index contributed by atoms with van der Waals surface area (Å²) in [4.78, 5) is 29.1. The van der Waals surface area contributed by atoms with Crippen LogP contribution >= 0.6 is 11.3 Å². The van der Waals surface area contributed by atoms with E-state index in [1.807, 2.05) is 6.07 Å². The van der Waals surface area contributed by atoms with Gasteiger partial charge in [-0.15, -0.1) is 22.9 Å². The predicted molar refractivity (Wildman–Crippen MR) is 139 cm³/mol. The summed E-state index contributed by atoms with van der Waals surface area (Å²) >= 11 is 1.16. The van der Waals surface area contributed by atoms with Gasteiger partial charge in [-0.2, -0.15) is 4.31 Å². The summed E-state index contributed by atoms with van der Waals surface area (Å²) in [5.41, 5.74) is 0.680. The zero-order valence-electron chi connectivity index (χ0n) is 20.6. The van der Waals surface area contributed by atoms with E-state index in [1.165, 1.54) is 14.2 Å². The second-order valence-electron chi connectivity index (χ2n) is 9.34. The maximum Gasteiger partial charge on any atom is 0.340 e. The molecule has 1 N–H and O–H groups in total. The molecular weight excluding hydrogens is 516 g/mol. The molecule has 0 aliphatic carbocycles. The minimum Gasteiger partial charge on any atom is -0.463 e. The molecule has 11 nitrogen and oxygen atoms in total. The number of benzene rings is 1. The SMILES string of the molecule is C#Cc1ccc2cc(S(=O)(=O)N3CCN(C(=O)N4CCC5NCOC5=N4)C(CC(=O)N(C)C)C3)sc2c1. The Morgan fingerprint density at radius 3 is 2.84 bits per heavy atom. The number of ether oxygens (including phenoxy) is 1. The lowest BCUT2D eigenvalue weighted by atomic mass is 10.1. The number of carbonyl (C=O) groups excluding carboxylic acids is 2. The van der Waals surface area contributed by atoms with Gasteiger partial charge in [0, 0.05) is 57.0 Å². The van der Waals surface area contributed by atoms with Gasteiger partial charge in [0.05, 0.1) is 12.1 Å². The van der Waals surface area contributed by atoms with Crippen molar-refractivity contribution in [3.05, 3.63) is 29.8 Å². The molecule has 37 heavy (non-hydrogen) atoms. The molecule has 1 aromatic heterocycles. The van der Waals surface area contributed by atoms with Crippen LogP contribution in [0.1, 0.15) is 18.4 Å². The van der Waals surface area contributed by atoms with E-state index in [9.17, 15) is 18.0 Å². The molecule has 13 heteroatoms. The molecule has 3 aliphatic rings. The molecule has 1 aromatic carbocycles. The summed E-state index contributed by atoms with van der Waals surface area (Å²) in [7, 11) is -0.583. The zero-order chi connectivity index (χ0) is 26.3. The standard InChI is InChI=1S/C24H28N6O5S2/c1-4-16-5-6-17-12-22(36-20(17)11-16)37(33,34)28-9-10-29(18(14-28)13-21(31)27(2)3)24(32)30-8-7-19-23(26-30)35-15-25-19/h1,5-6,11-12,18-19,25H,7-10,13-15H2,2-3H3. The van der Waals surface area contributed by atoms with E-state index in [4.69, 9.17) is 11.2 Å². The molecule has 2 saturated heterocycles. The number of nitrogens with one attached hydrogen (secondary N) is 1. The molecule has 2 unspecified atom stereocenters. The monoisotopic (exact) mass is 544 g/mol. The summed E-state index contributed by atoms with van der Waals surface area (Å²) in [5, 5.41) is 9.66. The van der Waals surface area contributed by atoms with Crippen LogP contribution in [0.5, 0.6) is 0 Å². The summed E-state index contributed by atoms with van der Waals surface area (Å²) in [5.74, 6) is 2.84. The first-order valence-corrected chi connectivity index (χ1v) is 14.2. The highest BCUT2D eigenvalue weighted by Gasteiger charge is 2.41. The second-order valence-corrected chi connectivity index (χ2v) is 12.6. The van der Waals surface area contributed by atoms with Crippen molar-refractivity contribution in [2.75, 3.05) is 47.0 Å². The molecule has 4 heterocycles. The Morgan fingerprint density at radius 2 is 2.08 bits per heavy atom.